The Morgan fingerprint density at radius 2 is 1.78 bits per heavy atom. The van der Waals surface area contributed by atoms with Crippen LogP contribution in [-0.4, -0.2) is 23.1 Å². The van der Waals surface area contributed by atoms with Gasteiger partial charge in [0.2, 0.25) is 0 Å². The molecule has 1 aromatic heterocycles. The number of thiocarbonyl (C=S) groups is 1. The number of aromatic nitrogens is 1. The lowest BCUT2D eigenvalue weighted by Gasteiger charge is -2.27. The lowest BCUT2D eigenvalue weighted by molar-refractivity contribution is 0.553. The maximum atomic E-state index is 5.81. The fourth-order valence-corrected chi connectivity index (χ4v) is 2.59. The number of anilines is 1. The molecule has 3 nitrogen and oxygen atoms in total. The Labute approximate surface area is 114 Å². The molecule has 1 saturated heterocycles. The molecule has 0 amide bonds. The topological polar surface area (TPSA) is 42.1 Å². The van der Waals surface area contributed by atoms with Gasteiger partial charge in [-0.2, -0.15) is 0 Å². The second-order valence-corrected chi connectivity index (χ2v) is 5.38. The summed E-state index contributed by atoms with van der Waals surface area (Å²) in [5.74, 6) is 0.976. The van der Waals surface area contributed by atoms with E-state index in [0.29, 0.717) is 4.99 Å². The van der Waals surface area contributed by atoms with Gasteiger partial charge in [0.05, 0.1) is 5.56 Å². The molecule has 0 spiro atoms. The molecule has 2 N–H and O–H groups in total. The Hall–Kier alpha value is -1.16. The number of aryl methyl sites for hydroxylation is 1. The fourth-order valence-electron chi connectivity index (χ4n) is 2.44. The van der Waals surface area contributed by atoms with Crippen molar-refractivity contribution < 1.29 is 0 Å². The third-order valence-electron chi connectivity index (χ3n) is 3.44. The van der Waals surface area contributed by atoms with Gasteiger partial charge in [0.15, 0.2) is 0 Å². The monoisotopic (exact) mass is 263 g/mol. The van der Waals surface area contributed by atoms with Crippen molar-refractivity contribution >= 4 is 23.0 Å². The Morgan fingerprint density at radius 1 is 1.17 bits per heavy atom. The van der Waals surface area contributed by atoms with E-state index in [9.17, 15) is 0 Å². The van der Waals surface area contributed by atoms with Gasteiger partial charge in [-0.05, 0) is 31.9 Å². The van der Waals surface area contributed by atoms with Crippen LogP contribution in [0.1, 0.15) is 43.4 Å². The summed E-state index contributed by atoms with van der Waals surface area (Å²) in [4.78, 5) is 7.44. The summed E-state index contributed by atoms with van der Waals surface area (Å²) >= 11 is 5.13. The van der Waals surface area contributed by atoms with Crippen LogP contribution in [0.5, 0.6) is 0 Å². The van der Waals surface area contributed by atoms with Crippen LogP contribution in [0.3, 0.4) is 0 Å². The largest absolute Gasteiger partial charge is 0.389 e. The smallest absolute Gasteiger partial charge is 0.139 e. The van der Waals surface area contributed by atoms with E-state index < -0.39 is 0 Å². The molecule has 0 unspecified atom stereocenters. The minimum Gasteiger partial charge on any atom is -0.389 e. The van der Waals surface area contributed by atoms with Gasteiger partial charge in [0, 0.05) is 18.8 Å². The quantitative estimate of drug-likeness (QED) is 0.833. The van der Waals surface area contributed by atoms with Crippen LogP contribution in [0.25, 0.3) is 0 Å². The normalized spacial score (nSPS) is 17.1. The van der Waals surface area contributed by atoms with Gasteiger partial charge in [-0.15, -0.1) is 0 Å². The van der Waals surface area contributed by atoms with E-state index in [-0.39, 0.29) is 0 Å². The van der Waals surface area contributed by atoms with Crippen molar-refractivity contribution in [3.05, 3.63) is 23.4 Å². The lowest BCUT2D eigenvalue weighted by Crippen LogP contribution is -2.30. The van der Waals surface area contributed by atoms with E-state index in [1.54, 1.807) is 0 Å². The first-order chi connectivity index (χ1) is 8.68. The van der Waals surface area contributed by atoms with Crippen LogP contribution >= 0.6 is 12.2 Å². The number of pyridine rings is 1. The number of nitrogens with zero attached hydrogens (tertiary/aromatic N) is 2. The predicted molar refractivity (Wildman–Crippen MR) is 80.2 cm³/mol. The molecule has 4 heteroatoms. The van der Waals surface area contributed by atoms with Gasteiger partial charge < -0.3 is 10.6 Å². The second kappa shape index (κ2) is 6.14. The summed E-state index contributed by atoms with van der Waals surface area (Å²) in [6.45, 7) is 4.13. The molecule has 2 heterocycles. The minimum atomic E-state index is 0.444. The lowest BCUT2D eigenvalue weighted by atomic mass is 10.1. The summed E-state index contributed by atoms with van der Waals surface area (Å²) in [6, 6.07) is 3.97. The highest BCUT2D eigenvalue weighted by molar-refractivity contribution is 7.80. The molecule has 0 bridgehead atoms. The Kier molecular flexibility index (Phi) is 4.53. The van der Waals surface area contributed by atoms with E-state index in [4.69, 9.17) is 18.0 Å². The first-order valence-electron chi connectivity index (χ1n) is 6.71. The van der Waals surface area contributed by atoms with Crippen molar-refractivity contribution in [2.75, 3.05) is 18.0 Å². The zero-order chi connectivity index (χ0) is 13.0. The van der Waals surface area contributed by atoms with Crippen molar-refractivity contribution in [3.63, 3.8) is 0 Å². The van der Waals surface area contributed by atoms with Gasteiger partial charge in [0.25, 0.3) is 0 Å². The van der Waals surface area contributed by atoms with Gasteiger partial charge in [-0.25, -0.2) is 4.98 Å². The second-order valence-electron chi connectivity index (χ2n) is 4.94. The molecular weight excluding hydrogens is 242 g/mol. The van der Waals surface area contributed by atoms with E-state index in [1.165, 1.54) is 32.1 Å². The molecule has 0 aromatic carbocycles. The molecule has 1 fully saturated rings. The van der Waals surface area contributed by atoms with E-state index in [0.717, 1.165) is 30.2 Å². The van der Waals surface area contributed by atoms with Crippen LogP contribution in [0, 0.1) is 6.92 Å². The van der Waals surface area contributed by atoms with Crippen molar-refractivity contribution in [3.8, 4) is 0 Å². The van der Waals surface area contributed by atoms with Crippen LogP contribution in [0.15, 0.2) is 12.1 Å². The molecule has 0 aliphatic carbocycles. The average Bonchev–Trinajstić information content (AvgIpc) is 2.27. The number of hydrogen-bond donors (Lipinski definition) is 1. The van der Waals surface area contributed by atoms with E-state index >= 15 is 0 Å². The predicted octanol–water partition coefficient (Wildman–Crippen LogP) is 2.79. The number of nitrogens with two attached hydrogens (primary N) is 1. The van der Waals surface area contributed by atoms with Crippen molar-refractivity contribution in [1.82, 2.24) is 4.98 Å². The van der Waals surface area contributed by atoms with Crippen LogP contribution < -0.4 is 10.6 Å². The molecule has 0 saturated carbocycles. The summed E-state index contributed by atoms with van der Waals surface area (Å²) in [5, 5.41) is 0. The summed E-state index contributed by atoms with van der Waals surface area (Å²) in [7, 11) is 0. The summed E-state index contributed by atoms with van der Waals surface area (Å²) < 4.78 is 0. The van der Waals surface area contributed by atoms with Gasteiger partial charge in [-0.1, -0.05) is 31.5 Å². The minimum absolute atomic E-state index is 0.444. The third-order valence-corrected chi connectivity index (χ3v) is 3.66. The first kappa shape index (κ1) is 13.3. The summed E-state index contributed by atoms with van der Waals surface area (Å²) in [6.07, 6.45) is 6.44. The maximum Gasteiger partial charge on any atom is 0.139 e. The standard InChI is InChI=1S/C14H21N3S/c1-11-7-8-12(13(15)18)14(16-11)17-9-5-3-2-4-6-10-17/h7-8H,2-6,9-10H2,1H3,(H2,15,18). The Balaban J connectivity index is 2.28. The maximum absolute atomic E-state index is 5.81. The SMILES string of the molecule is Cc1ccc(C(N)=S)c(N2CCCCCCC2)n1. The van der Waals surface area contributed by atoms with Crippen molar-refractivity contribution in [1.29, 1.82) is 0 Å². The zero-order valence-electron chi connectivity index (χ0n) is 11.0. The molecule has 18 heavy (non-hydrogen) atoms. The van der Waals surface area contributed by atoms with Crippen molar-refractivity contribution in [2.24, 2.45) is 5.73 Å². The highest BCUT2D eigenvalue weighted by Gasteiger charge is 2.15. The van der Waals surface area contributed by atoms with Gasteiger partial charge in [0.1, 0.15) is 10.8 Å². The highest BCUT2D eigenvalue weighted by Crippen LogP contribution is 2.22. The fraction of sp³-hybridized carbons (Fsp3) is 0.571. The number of hydrogen-bond acceptors (Lipinski definition) is 3. The molecule has 1 aliphatic rings. The van der Waals surface area contributed by atoms with E-state index in [1.807, 2.05) is 19.1 Å². The highest BCUT2D eigenvalue weighted by atomic mass is 32.1. The van der Waals surface area contributed by atoms with Crippen molar-refractivity contribution in [2.45, 2.75) is 39.0 Å². The Bertz CT molecular complexity index is 423. The summed E-state index contributed by atoms with van der Waals surface area (Å²) in [5.41, 5.74) is 7.74. The van der Waals surface area contributed by atoms with Gasteiger partial charge >= 0.3 is 0 Å². The van der Waals surface area contributed by atoms with Crippen LogP contribution in [0.2, 0.25) is 0 Å². The Morgan fingerprint density at radius 3 is 2.39 bits per heavy atom. The molecule has 0 radical (unpaired) electrons. The molecule has 1 aromatic rings. The molecular formula is C14H21N3S. The molecule has 98 valence electrons. The van der Waals surface area contributed by atoms with Gasteiger partial charge in [-0.3, -0.25) is 0 Å². The zero-order valence-corrected chi connectivity index (χ0v) is 11.8. The first-order valence-corrected chi connectivity index (χ1v) is 7.12. The van der Waals surface area contributed by atoms with Crippen LogP contribution in [-0.2, 0) is 0 Å². The number of rotatable bonds is 2. The van der Waals surface area contributed by atoms with E-state index in [2.05, 4.69) is 9.88 Å². The molecule has 1 aliphatic heterocycles. The van der Waals surface area contributed by atoms with Crippen LogP contribution in [0.4, 0.5) is 5.82 Å². The molecule has 0 atom stereocenters. The average molecular weight is 263 g/mol. The third kappa shape index (κ3) is 3.19. The molecule has 2 rings (SSSR count).